The van der Waals surface area contributed by atoms with Crippen molar-refractivity contribution in [3.63, 3.8) is 0 Å². The molecule has 21 heavy (non-hydrogen) atoms. The zero-order valence-corrected chi connectivity index (χ0v) is 14.5. The molecule has 0 amide bonds. The summed E-state index contributed by atoms with van der Waals surface area (Å²) in [6, 6.07) is 0.208. The molecule has 0 aliphatic heterocycles. The molecule has 5 nitrogen and oxygen atoms in total. The van der Waals surface area contributed by atoms with Crippen LogP contribution in [0.25, 0.3) is 0 Å². The second-order valence-corrected chi connectivity index (χ2v) is 7.74. The van der Waals surface area contributed by atoms with Gasteiger partial charge < -0.3 is 4.90 Å². The van der Waals surface area contributed by atoms with E-state index < -0.39 is 0 Å². The van der Waals surface area contributed by atoms with Gasteiger partial charge in [0.25, 0.3) is 0 Å². The standard InChI is InChI=1S/C15H26BrN5/c1-20(2)5-6-21-15(13(16)9-18-21)14(19-17)12-8-10-3-4-11(12)7-10/h9-12,14,19H,3-8,17H2,1-2H3. The van der Waals surface area contributed by atoms with Gasteiger partial charge in [0.1, 0.15) is 0 Å². The summed E-state index contributed by atoms with van der Waals surface area (Å²) in [5, 5.41) is 4.54. The fourth-order valence-electron chi connectivity index (χ4n) is 4.26. The topological polar surface area (TPSA) is 59.1 Å². The Balaban J connectivity index is 1.81. The van der Waals surface area contributed by atoms with E-state index in [4.69, 9.17) is 5.84 Å². The van der Waals surface area contributed by atoms with Crippen LogP contribution in [0.5, 0.6) is 0 Å². The normalized spacial score (nSPS) is 29.5. The molecule has 118 valence electrons. The first-order chi connectivity index (χ1) is 10.1. The number of nitrogens with zero attached hydrogens (tertiary/aromatic N) is 3. The number of halogens is 1. The highest BCUT2D eigenvalue weighted by molar-refractivity contribution is 9.10. The Morgan fingerprint density at radius 1 is 1.48 bits per heavy atom. The number of rotatable bonds is 6. The van der Waals surface area contributed by atoms with Gasteiger partial charge in [-0.05, 0) is 67.0 Å². The number of likely N-dealkylation sites (N-methyl/N-ethyl adjacent to an activating group) is 1. The van der Waals surface area contributed by atoms with E-state index >= 15 is 0 Å². The molecule has 2 aliphatic rings. The third-order valence-corrected chi connectivity index (χ3v) is 5.90. The quantitative estimate of drug-likeness (QED) is 0.606. The van der Waals surface area contributed by atoms with Crippen LogP contribution in [0.3, 0.4) is 0 Å². The van der Waals surface area contributed by atoms with Crippen LogP contribution in [0.1, 0.15) is 37.4 Å². The Bertz CT molecular complexity index is 486. The molecular weight excluding hydrogens is 330 g/mol. The molecule has 2 aliphatic carbocycles. The highest BCUT2D eigenvalue weighted by Gasteiger charge is 2.44. The van der Waals surface area contributed by atoms with Crippen molar-refractivity contribution in [1.82, 2.24) is 20.1 Å². The maximum absolute atomic E-state index is 5.95. The first-order valence-corrected chi connectivity index (χ1v) is 8.71. The average molecular weight is 356 g/mol. The largest absolute Gasteiger partial charge is 0.308 e. The van der Waals surface area contributed by atoms with Gasteiger partial charge in [0.2, 0.25) is 0 Å². The van der Waals surface area contributed by atoms with Gasteiger partial charge in [0, 0.05) is 6.54 Å². The molecule has 1 heterocycles. The summed E-state index contributed by atoms with van der Waals surface area (Å²) in [5.41, 5.74) is 4.32. The number of hydrogen-bond acceptors (Lipinski definition) is 4. The second-order valence-electron chi connectivity index (χ2n) is 6.89. The van der Waals surface area contributed by atoms with E-state index in [9.17, 15) is 0 Å². The van der Waals surface area contributed by atoms with Crippen LogP contribution in [0.4, 0.5) is 0 Å². The van der Waals surface area contributed by atoms with Gasteiger partial charge >= 0.3 is 0 Å². The van der Waals surface area contributed by atoms with Gasteiger partial charge in [-0.1, -0.05) is 6.42 Å². The number of nitrogens with two attached hydrogens (primary N) is 1. The summed E-state index contributed by atoms with van der Waals surface area (Å²) in [4.78, 5) is 2.18. The van der Waals surface area contributed by atoms with Crippen molar-refractivity contribution >= 4 is 15.9 Å². The molecule has 3 N–H and O–H groups in total. The van der Waals surface area contributed by atoms with Crippen molar-refractivity contribution < 1.29 is 0 Å². The van der Waals surface area contributed by atoms with Gasteiger partial charge in [-0.2, -0.15) is 5.10 Å². The van der Waals surface area contributed by atoms with Crippen molar-refractivity contribution in [2.24, 2.45) is 23.6 Å². The summed E-state index contributed by atoms with van der Waals surface area (Å²) in [6.45, 7) is 1.88. The molecule has 2 fully saturated rings. The highest BCUT2D eigenvalue weighted by atomic mass is 79.9. The Labute approximate surface area is 135 Å². The number of aromatic nitrogens is 2. The number of fused-ring (bicyclic) bond motifs is 2. The highest BCUT2D eigenvalue weighted by Crippen LogP contribution is 2.52. The average Bonchev–Trinajstić information content (AvgIpc) is 3.15. The number of hydrogen-bond donors (Lipinski definition) is 2. The Morgan fingerprint density at radius 2 is 2.29 bits per heavy atom. The van der Waals surface area contributed by atoms with Crippen LogP contribution >= 0.6 is 15.9 Å². The van der Waals surface area contributed by atoms with Gasteiger partial charge in [-0.15, -0.1) is 0 Å². The SMILES string of the molecule is CN(C)CCn1ncc(Br)c1C(NN)C1CC2CCC1C2. The van der Waals surface area contributed by atoms with E-state index in [0.29, 0.717) is 5.92 Å². The maximum atomic E-state index is 5.95. The van der Waals surface area contributed by atoms with Gasteiger partial charge in [0.05, 0.1) is 29.0 Å². The van der Waals surface area contributed by atoms with E-state index in [2.05, 4.69) is 50.1 Å². The van der Waals surface area contributed by atoms with E-state index in [0.717, 1.165) is 29.4 Å². The molecular formula is C15H26BrN5. The van der Waals surface area contributed by atoms with Crippen molar-refractivity contribution in [3.8, 4) is 0 Å². The smallest absolute Gasteiger partial charge is 0.0712 e. The maximum Gasteiger partial charge on any atom is 0.0712 e. The molecule has 4 unspecified atom stereocenters. The molecule has 0 radical (unpaired) electrons. The van der Waals surface area contributed by atoms with E-state index in [1.165, 1.54) is 31.4 Å². The molecule has 3 rings (SSSR count). The number of nitrogens with one attached hydrogen (secondary N) is 1. The zero-order valence-electron chi connectivity index (χ0n) is 12.9. The monoisotopic (exact) mass is 355 g/mol. The van der Waals surface area contributed by atoms with E-state index in [1.54, 1.807) is 0 Å². The molecule has 2 saturated carbocycles. The number of hydrazine groups is 1. The van der Waals surface area contributed by atoms with Gasteiger partial charge in [-0.3, -0.25) is 16.0 Å². The summed E-state index contributed by atoms with van der Waals surface area (Å²) in [5.74, 6) is 8.36. The molecule has 0 spiro atoms. The third-order valence-electron chi connectivity index (χ3n) is 5.29. The summed E-state index contributed by atoms with van der Waals surface area (Å²) in [6.07, 6.45) is 7.40. The van der Waals surface area contributed by atoms with Crippen LogP contribution in [0, 0.1) is 17.8 Å². The minimum absolute atomic E-state index is 0.208. The van der Waals surface area contributed by atoms with Gasteiger partial charge in [0.15, 0.2) is 0 Å². The minimum atomic E-state index is 0.208. The van der Waals surface area contributed by atoms with Crippen molar-refractivity contribution in [2.75, 3.05) is 20.6 Å². The summed E-state index contributed by atoms with van der Waals surface area (Å²) in [7, 11) is 4.18. The Hall–Kier alpha value is -0.430. The molecule has 0 aromatic carbocycles. The first kappa shape index (κ1) is 15.5. The molecule has 1 aromatic heterocycles. The lowest BCUT2D eigenvalue weighted by Gasteiger charge is -2.31. The third kappa shape index (κ3) is 3.04. The summed E-state index contributed by atoms with van der Waals surface area (Å²) >= 11 is 3.67. The van der Waals surface area contributed by atoms with Crippen molar-refractivity contribution in [1.29, 1.82) is 0 Å². The van der Waals surface area contributed by atoms with Crippen LogP contribution in [-0.2, 0) is 6.54 Å². The van der Waals surface area contributed by atoms with E-state index in [-0.39, 0.29) is 6.04 Å². The summed E-state index contributed by atoms with van der Waals surface area (Å²) < 4.78 is 3.19. The molecule has 2 bridgehead atoms. The van der Waals surface area contributed by atoms with Crippen LogP contribution in [0.15, 0.2) is 10.7 Å². The molecule has 1 aromatic rings. The fraction of sp³-hybridized carbons (Fsp3) is 0.800. The lowest BCUT2D eigenvalue weighted by molar-refractivity contribution is 0.239. The van der Waals surface area contributed by atoms with E-state index in [1.807, 2.05) is 6.20 Å². The van der Waals surface area contributed by atoms with Gasteiger partial charge in [-0.25, -0.2) is 0 Å². The molecule has 4 atom stereocenters. The van der Waals surface area contributed by atoms with Crippen molar-refractivity contribution in [2.45, 2.75) is 38.3 Å². The van der Waals surface area contributed by atoms with Crippen LogP contribution < -0.4 is 11.3 Å². The lowest BCUT2D eigenvalue weighted by Crippen LogP contribution is -2.38. The second kappa shape index (κ2) is 6.36. The van der Waals surface area contributed by atoms with Crippen LogP contribution in [0.2, 0.25) is 0 Å². The molecule has 0 saturated heterocycles. The van der Waals surface area contributed by atoms with Crippen LogP contribution in [-0.4, -0.2) is 35.3 Å². The first-order valence-electron chi connectivity index (χ1n) is 7.92. The fourth-order valence-corrected chi connectivity index (χ4v) is 4.80. The molecule has 6 heteroatoms. The van der Waals surface area contributed by atoms with Crippen molar-refractivity contribution in [3.05, 3.63) is 16.4 Å². The minimum Gasteiger partial charge on any atom is -0.308 e. The predicted octanol–water partition coefficient (Wildman–Crippen LogP) is 2.15. The Kier molecular flexibility index (Phi) is 4.69. The Morgan fingerprint density at radius 3 is 2.86 bits per heavy atom. The zero-order chi connectivity index (χ0) is 15.0. The predicted molar refractivity (Wildman–Crippen MR) is 87.5 cm³/mol. The lowest BCUT2D eigenvalue weighted by atomic mass is 9.82.